The molecule has 2 aromatic heterocycles. The minimum atomic E-state index is -0.221. The predicted molar refractivity (Wildman–Crippen MR) is 74.6 cm³/mol. The molecule has 0 saturated carbocycles. The van der Waals surface area contributed by atoms with Gasteiger partial charge in [0.2, 0.25) is 0 Å². The summed E-state index contributed by atoms with van der Waals surface area (Å²) < 4.78 is 1.68. The second-order valence-electron chi connectivity index (χ2n) is 4.42. The summed E-state index contributed by atoms with van der Waals surface area (Å²) in [5, 5.41) is 7.31. The van der Waals surface area contributed by atoms with Crippen LogP contribution in [-0.4, -0.2) is 20.7 Å². The van der Waals surface area contributed by atoms with Crippen LogP contribution < -0.4 is 5.32 Å². The summed E-state index contributed by atoms with van der Waals surface area (Å²) in [4.78, 5) is 16.3. The molecule has 0 spiro atoms. The highest BCUT2D eigenvalue weighted by atomic mass is 35.5. The van der Waals surface area contributed by atoms with Crippen molar-refractivity contribution in [2.45, 2.75) is 20.8 Å². The number of nitrogens with one attached hydrogen (secondary N) is 1. The van der Waals surface area contributed by atoms with Gasteiger partial charge in [-0.2, -0.15) is 5.10 Å². The molecule has 0 unspecified atom stereocenters. The first kappa shape index (κ1) is 13.5. The van der Waals surface area contributed by atoms with Gasteiger partial charge in [0.05, 0.1) is 16.9 Å². The highest BCUT2D eigenvalue weighted by molar-refractivity contribution is 6.32. The molecule has 1 N–H and O–H groups in total. The third-order valence-electron chi connectivity index (χ3n) is 3.09. The van der Waals surface area contributed by atoms with Gasteiger partial charge >= 0.3 is 0 Å². The minimum Gasteiger partial charge on any atom is -0.319 e. The zero-order valence-electron chi connectivity index (χ0n) is 11.3. The van der Waals surface area contributed by atoms with E-state index in [2.05, 4.69) is 15.4 Å². The molecule has 5 nitrogen and oxygen atoms in total. The van der Waals surface area contributed by atoms with Crippen molar-refractivity contribution in [2.24, 2.45) is 7.05 Å². The molecule has 2 heterocycles. The van der Waals surface area contributed by atoms with Crippen molar-refractivity contribution < 1.29 is 4.79 Å². The molecule has 19 heavy (non-hydrogen) atoms. The van der Waals surface area contributed by atoms with Crippen LogP contribution in [-0.2, 0) is 7.05 Å². The van der Waals surface area contributed by atoms with E-state index in [1.54, 1.807) is 30.9 Å². The fourth-order valence-corrected chi connectivity index (χ4v) is 2.21. The molecule has 2 rings (SSSR count). The van der Waals surface area contributed by atoms with Gasteiger partial charge < -0.3 is 5.32 Å². The Bertz CT molecular complexity index is 628. The van der Waals surface area contributed by atoms with Gasteiger partial charge in [0.25, 0.3) is 5.91 Å². The van der Waals surface area contributed by atoms with Crippen LogP contribution in [0.2, 0.25) is 5.15 Å². The molecule has 0 aromatic carbocycles. The number of aromatic nitrogens is 3. The molecule has 0 aliphatic rings. The number of nitrogens with zero attached hydrogens (tertiary/aromatic N) is 3. The number of hydrogen-bond donors (Lipinski definition) is 1. The van der Waals surface area contributed by atoms with Crippen LogP contribution in [0.3, 0.4) is 0 Å². The first-order valence-electron chi connectivity index (χ1n) is 5.84. The number of pyridine rings is 1. The smallest absolute Gasteiger partial charge is 0.259 e. The lowest BCUT2D eigenvalue weighted by Crippen LogP contribution is -2.15. The van der Waals surface area contributed by atoms with Crippen molar-refractivity contribution >= 4 is 23.2 Å². The Balaban J connectivity index is 2.36. The molecular formula is C13H15ClN4O. The van der Waals surface area contributed by atoms with Crippen LogP contribution in [0.25, 0.3) is 0 Å². The van der Waals surface area contributed by atoms with Gasteiger partial charge in [0.15, 0.2) is 5.15 Å². The van der Waals surface area contributed by atoms with Gasteiger partial charge in [-0.25, -0.2) is 4.98 Å². The molecular weight excluding hydrogens is 264 g/mol. The lowest BCUT2D eigenvalue weighted by atomic mass is 10.1. The van der Waals surface area contributed by atoms with Crippen molar-refractivity contribution in [3.05, 3.63) is 39.9 Å². The van der Waals surface area contributed by atoms with E-state index >= 15 is 0 Å². The molecule has 0 aliphatic carbocycles. The summed E-state index contributed by atoms with van der Waals surface area (Å²) in [5.41, 5.74) is 3.48. The third-order valence-corrected chi connectivity index (χ3v) is 3.37. The SMILES string of the molecule is Cc1ccnc(Cl)c1NC(=O)c1c(C)nn(C)c1C. The first-order valence-corrected chi connectivity index (χ1v) is 6.22. The van der Waals surface area contributed by atoms with Gasteiger partial charge in [-0.3, -0.25) is 9.48 Å². The van der Waals surface area contributed by atoms with E-state index in [0.29, 0.717) is 16.9 Å². The van der Waals surface area contributed by atoms with Gasteiger partial charge in [0.1, 0.15) is 0 Å². The van der Waals surface area contributed by atoms with E-state index in [-0.39, 0.29) is 11.1 Å². The Morgan fingerprint density at radius 2 is 2.05 bits per heavy atom. The van der Waals surface area contributed by atoms with Crippen molar-refractivity contribution in [2.75, 3.05) is 5.32 Å². The number of amides is 1. The average Bonchev–Trinajstić information content (AvgIpc) is 2.58. The van der Waals surface area contributed by atoms with Crippen LogP contribution in [0.4, 0.5) is 5.69 Å². The standard InChI is InChI=1S/C13H15ClN4O/c1-7-5-6-15-12(14)11(7)16-13(19)10-8(2)17-18(4)9(10)3/h5-6H,1-4H3,(H,16,19). The summed E-state index contributed by atoms with van der Waals surface area (Å²) in [6, 6.07) is 1.80. The molecule has 0 radical (unpaired) electrons. The van der Waals surface area contributed by atoms with Gasteiger partial charge in [-0.15, -0.1) is 0 Å². The van der Waals surface area contributed by atoms with E-state index in [9.17, 15) is 4.79 Å². The van der Waals surface area contributed by atoms with E-state index in [0.717, 1.165) is 11.3 Å². The van der Waals surface area contributed by atoms with Crippen LogP contribution in [0, 0.1) is 20.8 Å². The largest absolute Gasteiger partial charge is 0.319 e. The summed E-state index contributed by atoms with van der Waals surface area (Å²) >= 11 is 6.00. The van der Waals surface area contributed by atoms with Crippen molar-refractivity contribution in [1.29, 1.82) is 0 Å². The fraction of sp³-hybridized carbons (Fsp3) is 0.308. The highest BCUT2D eigenvalue weighted by Crippen LogP contribution is 2.24. The number of carbonyl (C=O) groups excluding carboxylic acids is 1. The molecule has 2 aromatic rings. The fourth-order valence-electron chi connectivity index (χ4n) is 1.95. The van der Waals surface area contributed by atoms with Gasteiger partial charge in [0, 0.05) is 18.9 Å². The number of hydrogen-bond acceptors (Lipinski definition) is 3. The summed E-state index contributed by atoms with van der Waals surface area (Å²) in [7, 11) is 1.81. The third kappa shape index (κ3) is 2.46. The van der Waals surface area contributed by atoms with Crippen molar-refractivity contribution in [3.63, 3.8) is 0 Å². The minimum absolute atomic E-state index is 0.221. The maximum Gasteiger partial charge on any atom is 0.259 e. The van der Waals surface area contributed by atoms with Gasteiger partial charge in [-0.05, 0) is 32.4 Å². The second-order valence-corrected chi connectivity index (χ2v) is 4.78. The Labute approximate surface area is 116 Å². The summed E-state index contributed by atoms with van der Waals surface area (Å²) in [5.74, 6) is -0.221. The Kier molecular flexibility index (Phi) is 3.57. The topological polar surface area (TPSA) is 59.8 Å². The van der Waals surface area contributed by atoms with Crippen LogP contribution in [0.15, 0.2) is 12.3 Å². The zero-order chi connectivity index (χ0) is 14.2. The van der Waals surface area contributed by atoms with E-state index in [4.69, 9.17) is 11.6 Å². The maximum atomic E-state index is 12.3. The summed E-state index contributed by atoms with van der Waals surface area (Å²) in [6.07, 6.45) is 1.61. The normalized spacial score (nSPS) is 10.6. The number of anilines is 1. The highest BCUT2D eigenvalue weighted by Gasteiger charge is 2.19. The first-order chi connectivity index (χ1) is 8.91. The molecule has 0 aliphatic heterocycles. The molecule has 6 heteroatoms. The molecule has 0 atom stereocenters. The average molecular weight is 279 g/mol. The van der Waals surface area contributed by atoms with E-state index in [1.807, 2.05) is 13.8 Å². The zero-order valence-corrected chi connectivity index (χ0v) is 12.0. The monoisotopic (exact) mass is 278 g/mol. The molecule has 0 bridgehead atoms. The van der Waals surface area contributed by atoms with E-state index < -0.39 is 0 Å². The van der Waals surface area contributed by atoms with Crippen molar-refractivity contribution in [1.82, 2.24) is 14.8 Å². The number of aryl methyl sites for hydroxylation is 3. The predicted octanol–water partition coefficient (Wildman–Crippen LogP) is 2.65. The Morgan fingerprint density at radius 1 is 1.37 bits per heavy atom. The second kappa shape index (κ2) is 5.01. The number of halogens is 1. The Morgan fingerprint density at radius 3 is 2.58 bits per heavy atom. The summed E-state index contributed by atoms with van der Waals surface area (Å²) in [6.45, 7) is 5.53. The van der Waals surface area contributed by atoms with Crippen LogP contribution in [0.5, 0.6) is 0 Å². The Hall–Kier alpha value is -1.88. The molecule has 100 valence electrons. The number of rotatable bonds is 2. The maximum absolute atomic E-state index is 12.3. The molecule has 1 amide bonds. The molecule has 0 fully saturated rings. The van der Waals surface area contributed by atoms with Crippen molar-refractivity contribution in [3.8, 4) is 0 Å². The quantitative estimate of drug-likeness (QED) is 0.859. The van der Waals surface area contributed by atoms with E-state index in [1.165, 1.54) is 0 Å². The van der Waals surface area contributed by atoms with Crippen LogP contribution >= 0.6 is 11.6 Å². The van der Waals surface area contributed by atoms with Gasteiger partial charge in [-0.1, -0.05) is 11.6 Å². The lowest BCUT2D eigenvalue weighted by Gasteiger charge is -2.09. The van der Waals surface area contributed by atoms with Crippen LogP contribution in [0.1, 0.15) is 27.3 Å². The molecule has 0 saturated heterocycles. The number of carbonyl (C=O) groups is 1. The lowest BCUT2D eigenvalue weighted by molar-refractivity contribution is 0.102.